The molecule has 0 aliphatic heterocycles. The van der Waals surface area contributed by atoms with E-state index in [4.69, 9.17) is 0 Å². The molecule has 8 nitrogen and oxygen atoms in total. The zero-order valence-electron chi connectivity index (χ0n) is 16.5. The lowest BCUT2D eigenvalue weighted by Crippen LogP contribution is -2.24. The van der Waals surface area contributed by atoms with E-state index in [2.05, 4.69) is 30.2 Å². The SMILES string of the molecule is O=c1c(-c2cccc(F)c2)c(CCNc2ncnc3nc[nH]c23)nc2scc(C(F)(F)F)n12. The molecule has 0 bridgehead atoms. The smallest absolute Gasteiger partial charge is 0.368 e. The summed E-state index contributed by atoms with van der Waals surface area (Å²) in [6, 6.07) is 5.13. The molecular weight excluding hydrogens is 462 g/mol. The number of aromatic amines is 1. The van der Waals surface area contributed by atoms with Crippen molar-refractivity contribution in [3.05, 3.63) is 69.9 Å². The molecule has 4 aromatic heterocycles. The minimum atomic E-state index is -4.74. The van der Waals surface area contributed by atoms with Crippen LogP contribution in [0.15, 0.2) is 47.1 Å². The Labute approximate surface area is 186 Å². The molecule has 13 heteroatoms. The third-order valence-corrected chi connectivity index (χ3v) is 5.75. The number of imidazole rings is 1. The van der Waals surface area contributed by atoms with Gasteiger partial charge in [-0.15, -0.1) is 11.3 Å². The molecule has 0 atom stereocenters. The number of nitrogens with one attached hydrogen (secondary N) is 2. The first-order chi connectivity index (χ1) is 15.8. The topological polar surface area (TPSA) is 101 Å². The second kappa shape index (κ2) is 7.92. The van der Waals surface area contributed by atoms with Gasteiger partial charge in [-0.1, -0.05) is 12.1 Å². The molecule has 4 heterocycles. The number of halogens is 4. The predicted octanol–water partition coefficient (Wildman–Crippen LogP) is 3.90. The van der Waals surface area contributed by atoms with Gasteiger partial charge in [-0.2, -0.15) is 13.2 Å². The molecule has 2 N–H and O–H groups in total. The Hall–Kier alpha value is -3.87. The Morgan fingerprint density at radius 3 is 2.82 bits per heavy atom. The summed E-state index contributed by atoms with van der Waals surface area (Å²) in [6.45, 7) is 0.244. The summed E-state index contributed by atoms with van der Waals surface area (Å²) in [4.78, 5) is 32.6. The van der Waals surface area contributed by atoms with Crippen molar-refractivity contribution in [2.75, 3.05) is 11.9 Å². The summed E-state index contributed by atoms with van der Waals surface area (Å²) in [5, 5.41) is 3.93. The number of alkyl halides is 3. The lowest BCUT2D eigenvalue weighted by Gasteiger charge is -2.12. The van der Waals surface area contributed by atoms with Gasteiger partial charge in [0.1, 0.15) is 23.4 Å². The van der Waals surface area contributed by atoms with Crippen molar-refractivity contribution in [3.63, 3.8) is 0 Å². The fourth-order valence-electron chi connectivity index (χ4n) is 3.50. The van der Waals surface area contributed by atoms with E-state index in [0.29, 0.717) is 32.7 Å². The highest BCUT2D eigenvalue weighted by molar-refractivity contribution is 7.15. The fraction of sp³-hybridized carbons (Fsp3) is 0.150. The van der Waals surface area contributed by atoms with E-state index in [-0.39, 0.29) is 34.7 Å². The van der Waals surface area contributed by atoms with Gasteiger partial charge in [0, 0.05) is 18.3 Å². The van der Waals surface area contributed by atoms with Crippen LogP contribution in [0.1, 0.15) is 11.4 Å². The number of nitrogens with zero attached hydrogens (tertiary/aromatic N) is 5. The molecule has 0 aliphatic rings. The van der Waals surface area contributed by atoms with E-state index >= 15 is 0 Å². The molecule has 0 fully saturated rings. The van der Waals surface area contributed by atoms with Gasteiger partial charge in [0.2, 0.25) is 0 Å². The summed E-state index contributed by atoms with van der Waals surface area (Å²) in [6.07, 6.45) is -1.77. The summed E-state index contributed by atoms with van der Waals surface area (Å²) >= 11 is 0.713. The number of hydrogen-bond donors (Lipinski definition) is 2. The zero-order chi connectivity index (χ0) is 23.2. The molecule has 5 rings (SSSR count). The van der Waals surface area contributed by atoms with Crippen molar-refractivity contribution >= 4 is 33.3 Å². The number of anilines is 1. The highest BCUT2D eigenvalue weighted by atomic mass is 32.1. The van der Waals surface area contributed by atoms with Crippen molar-refractivity contribution in [3.8, 4) is 11.1 Å². The average molecular weight is 475 g/mol. The number of benzene rings is 1. The Morgan fingerprint density at radius 2 is 2.03 bits per heavy atom. The van der Waals surface area contributed by atoms with Gasteiger partial charge in [0.05, 0.1) is 17.6 Å². The summed E-state index contributed by atoms with van der Waals surface area (Å²) < 4.78 is 54.8. The maximum atomic E-state index is 13.9. The Morgan fingerprint density at radius 1 is 1.18 bits per heavy atom. The summed E-state index contributed by atoms with van der Waals surface area (Å²) in [5.41, 5.74) is -0.689. The highest BCUT2D eigenvalue weighted by Gasteiger charge is 2.36. The first-order valence-electron chi connectivity index (χ1n) is 9.57. The van der Waals surface area contributed by atoms with E-state index in [1.807, 2.05) is 0 Å². The monoisotopic (exact) mass is 475 g/mol. The van der Waals surface area contributed by atoms with E-state index in [0.717, 1.165) is 11.4 Å². The van der Waals surface area contributed by atoms with Gasteiger partial charge >= 0.3 is 6.18 Å². The lowest BCUT2D eigenvalue weighted by molar-refractivity contribution is -0.141. The van der Waals surface area contributed by atoms with Crippen LogP contribution in [0.25, 0.3) is 27.3 Å². The molecule has 5 aromatic rings. The molecule has 33 heavy (non-hydrogen) atoms. The Kier molecular flexibility index (Phi) is 5.04. The molecule has 168 valence electrons. The maximum Gasteiger partial charge on any atom is 0.432 e. The third kappa shape index (κ3) is 3.80. The van der Waals surface area contributed by atoms with Gasteiger partial charge in [-0.3, -0.25) is 4.79 Å². The van der Waals surface area contributed by atoms with Crippen LogP contribution in [0, 0.1) is 5.82 Å². The predicted molar refractivity (Wildman–Crippen MR) is 114 cm³/mol. The highest BCUT2D eigenvalue weighted by Crippen LogP contribution is 2.32. The summed E-state index contributed by atoms with van der Waals surface area (Å²) in [7, 11) is 0. The average Bonchev–Trinajstić information content (AvgIpc) is 3.41. The van der Waals surface area contributed by atoms with Crippen LogP contribution in [0.2, 0.25) is 0 Å². The van der Waals surface area contributed by atoms with E-state index in [9.17, 15) is 22.4 Å². The molecule has 0 aliphatic carbocycles. The lowest BCUT2D eigenvalue weighted by atomic mass is 10.0. The second-order valence-corrected chi connectivity index (χ2v) is 7.82. The third-order valence-electron chi connectivity index (χ3n) is 4.93. The first kappa shape index (κ1) is 21.0. The van der Waals surface area contributed by atoms with Crippen LogP contribution in [0.4, 0.5) is 23.4 Å². The van der Waals surface area contributed by atoms with Crippen LogP contribution in [-0.4, -0.2) is 35.9 Å². The fourth-order valence-corrected chi connectivity index (χ4v) is 4.41. The zero-order valence-corrected chi connectivity index (χ0v) is 17.3. The molecule has 1 aromatic carbocycles. The molecule has 0 radical (unpaired) electrons. The standard InChI is InChI=1S/C20H13F4N7OS/c21-11-3-1-2-10(6-11)14-12(4-5-25-16-15-17(27-8-26-15)29-9-28-16)30-19-31(18(14)32)13(7-33-19)20(22,23)24/h1-3,6-9H,4-5H2,(H2,25,26,27,28,29). The molecule has 0 spiro atoms. The van der Waals surface area contributed by atoms with Crippen molar-refractivity contribution in [2.24, 2.45) is 0 Å². The van der Waals surface area contributed by atoms with Crippen LogP contribution in [0.3, 0.4) is 0 Å². The van der Waals surface area contributed by atoms with Crippen molar-refractivity contribution in [2.45, 2.75) is 12.6 Å². The number of rotatable bonds is 5. The molecule has 0 amide bonds. The van der Waals surface area contributed by atoms with E-state index < -0.39 is 23.2 Å². The molecule has 0 unspecified atom stereocenters. The van der Waals surface area contributed by atoms with Crippen LogP contribution in [-0.2, 0) is 12.6 Å². The number of H-pyrrole nitrogens is 1. The van der Waals surface area contributed by atoms with Gasteiger partial charge < -0.3 is 10.3 Å². The minimum Gasteiger partial charge on any atom is -0.368 e. The van der Waals surface area contributed by atoms with E-state index in [1.165, 1.54) is 30.9 Å². The van der Waals surface area contributed by atoms with Crippen LogP contribution >= 0.6 is 11.3 Å². The molecular formula is C20H13F4N7OS. The normalized spacial score (nSPS) is 12.0. The van der Waals surface area contributed by atoms with Crippen molar-refractivity contribution < 1.29 is 17.6 Å². The van der Waals surface area contributed by atoms with E-state index in [1.54, 1.807) is 0 Å². The second-order valence-electron chi connectivity index (χ2n) is 6.99. The van der Waals surface area contributed by atoms with Crippen LogP contribution in [0.5, 0.6) is 0 Å². The minimum absolute atomic E-state index is 0.0907. The summed E-state index contributed by atoms with van der Waals surface area (Å²) in [5.74, 6) is -0.150. The molecule has 0 saturated heterocycles. The number of fused-ring (bicyclic) bond motifs is 2. The van der Waals surface area contributed by atoms with Gasteiger partial charge in [0.15, 0.2) is 16.4 Å². The first-order valence-corrected chi connectivity index (χ1v) is 10.4. The Bertz CT molecular complexity index is 1540. The quantitative estimate of drug-likeness (QED) is 0.374. The molecule has 0 saturated carbocycles. The number of thiazole rings is 1. The Balaban J connectivity index is 1.58. The largest absolute Gasteiger partial charge is 0.432 e. The number of aromatic nitrogens is 6. The van der Waals surface area contributed by atoms with Gasteiger partial charge in [0.25, 0.3) is 5.56 Å². The maximum absolute atomic E-state index is 13.9. The van der Waals surface area contributed by atoms with Crippen molar-refractivity contribution in [1.29, 1.82) is 0 Å². The number of hydrogen-bond acceptors (Lipinski definition) is 7. The van der Waals surface area contributed by atoms with Crippen molar-refractivity contribution in [1.82, 2.24) is 29.3 Å². The van der Waals surface area contributed by atoms with Crippen LogP contribution < -0.4 is 10.9 Å². The van der Waals surface area contributed by atoms with Gasteiger partial charge in [-0.25, -0.2) is 28.7 Å². The van der Waals surface area contributed by atoms with Gasteiger partial charge in [-0.05, 0) is 17.7 Å².